The minimum absolute atomic E-state index is 0.111. The van der Waals surface area contributed by atoms with Crippen molar-refractivity contribution < 1.29 is 23.5 Å². The highest BCUT2D eigenvalue weighted by atomic mass is 35.5. The smallest absolute Gasteiger partial charge is 0.344 e. The van der Waals surface area contributed by atoms with Crippen LogP contribution in [0, 0.1) is 0 Å². The predicted octanol–water partition coefficient (Wildman–Crippen LogP) is 5.00. The molecule has 0 saturated heterocycles. The van der Waals surface area contributed by atoms with Gasteiger partial charge < -0.3 is 13.9 Å². The monoisotopic (exact) mass is 420 g/mol. The molecule has 0 aliphatic heterocycles. The third-order valence-electron chi connectivity index (χ3n) is 3.29. The zero-order valence-corrected chi connectivity index (χ0v) is 15.2. The van der Waals surface area contributed by atoms with Gasteiger partial charge in [0.15, 0.2) is 11.3 Å². The van der Waals surface area contributed by atoms with Gasteiger partial charge in [0.25, 0.3) is 0 Å². The van der Waals surface area contributed by atoms with E-state index in [4.69, 9.17) is 60.3 Å². The van der Waals surface area contributed by atoms with Gasteiger partial charge in [0, 0.05) is 10.8 Å². The van der Waals surface area contributed by atoms with Crippen molar-refractivity contribution in [1.82, 2.24) is 0 Å². The average molecular weight is 422 g/mol. The molecule has 0 fully saturated rings. The lowest BCUT2D eigenvalue weighted by atomic mass is 10.1. The number of ether oxygens (including phenoxy) is 2. The topological polar surface area (TPSA) is 65.7 Å². The second-order valence-electron chi connectivity index (χ2n) is 4.81. The lowest BCUT2D eigenvalue weighted by Crippen LogP contribution is -2.17. The average Bonchev–Trinajstić information content (AvgIpc) is 3.06. The lowest BCUT2D eigenvalue weighted by molar-refractivity contribution is -0.133. The number of benzene rings is 2. The first-order valence-corrected chi connectivity index (χ1v) is 8.56. The Hall–Kier alpha value is -1.66. The maximum absolute atomic E-state index is 11.8. The van der Waals surface area contributed by atoms with Gasteiger partial charge in [0.05, 0.1) is 11.6 Å². The minimum Gasteiger partial charge on any atom is -0.460 e. The lowest BCUT2D eigenvalue weighted by Gasteiger charge is -2.13. The van der Waals surface area contributed by atoms with Crippen LogP contribution in [0.25, 0.3) is 21.7 Å². The summed E-state index contributed by atoms with van der Waals surface area (Å²) in [6.07, 6.45) is 1.36. The molecule has 0 aliphatic carbocycles. The molecule has 1 aromatic heterocycles. The quantitative estimate of drug-likeness (QED) is 0.336. The summed E-state index contributed by atoms with van der Waals surface area (Å²) in [5.74, 6) is -1.41. The summed E-state index contributed by atoms with van der Waals surface area (Å²) in [6.45, 7) is 0. The van der Waals surface area contributed by atoms with Crippen molar-refractivity contribution in [2.75, 3.05) is 0 Å². The summed E-state index contributed by atoms with van der Waals surface area (Å²) < 4.78 is 16.0. The highest BCUT2D eigenvalue weighted by molar-refractivity contribution is 6.53. The number of halogens is 4. The Morgan fingerprint density at radius 1 is 0.800 bits per heavy atom. The fourth-order valence-electron chi connectivity index (χ4n) is 2.31. The van der Waals surface area contributed by atoms with Crippen LogP contribution >= 0.6 is 46.4 Å². The maximum atomic E-state index is 11.8. The second-order valence-corrected chi connectivity index (χ2v) is 7.00. The van der Waals surface area contributed by atoms with Gasteiger partial charge in [-0.05, 0) is 6.07 Å². The zero-order chi connectivity index (χ0) is 18.1. The summed E-state index contributed by atoms with van der Waals surface area (Å²) in [4.78, 5) is 20.9. The number of esters is 2. The molecule has 25 heavy (non-hydrogen) atoms. The van der Waals surface area contributed by atoms with Gasteiger partial charge in [-0.3, -0.25) is 0 Å². The molecule has 0 saturated carbocycles. The molecule has 2 aromatic carbocycles. The maximum Gasteiger partial charge on any atom is 0.344 e. The Morgan fingerprint density at radius 3 is 1.88 bits per heavy atom. The Kier molecular flexibility index (Phi) is 5.29. The van der Waals surface area contributed by atoms with E-state index in [1.807, 2.05) is 0 Å². The van der Waals surface area contributed by atoms with Crippen LogP contribution in [0.4, 0.5) is 0 Å². The van der Waals surface area contributed by atoms with Gasteiger partial charge in [0.1, 0.15) is 5.75 Å². The molecule has 0 bridgehead atoms. The number of carbonyl (C=O) groups excluding carboxylic acids is 2. The van der Waals surface area contributed by atoms with Crippen LogP contribution in [0.15, 0.2) is 41.0 Å². The molecule has 0 spiro atoms. The zero-order valence-electron chi connectivity index (χ0n) is 12.2. The number of hydrogen-bond donors (Lipinski definition) is 0. The summed E-state index contributed by atoms with van der Waals surface area (Å²) >= 11 is 22.2. The number of alkyl halides is 4. The highest BCUT2D eigenvalue weighted by Crippen LogP contribution is 2.43. The number of hydrogen-bond acceptors (Lipinski definition) is 5. The molecule has 0 atom stereocenters. The van der Waals surface area contributed by atoms with E-state index in [0.717, 1.165) is 0 Å². The highest BCUT2D eigenvalue weighted by Gasteiger charge is 2.25. The molecule has 1 heterocycles. The van der Waals surface area contributed by atoms with Crippen LogP contribution in [0.1, 0.15) is 0 Å². The molecule has 130 valence electrons. The van der Waals surface area contributed by atoms with Crippen LogP contribution in [-0.2, 0) is 9.59 Å². The van der Waals surface area contributed by atoms with Gasteiger partial charge in [-0.2, -0.15) is 0 Å². The summed E-state index contributed by atoms with van der Waals surface area (Å²) in [7, 11) is 0. The van der Waals surface area contributed by atoms with E-state index >= 15 is 0 Å². The van der Waals surface area contributed by atoms with Crippen LogP contribution in [-0.4, -0.2) is 21.6 Å². The molecule has 0 aliphatic rings. The number of furan rings is 1. The van der Waals surface area contributed by atoms with E-state index < -0.39 is 21.6 Å². The summed E-state index contributed by atoms with van der Waals surface area (Å²) in [6, 6.07) is 8.33. The summed E-state index contributed by atoms with van der Waals surface area (Å²) in [5.41, 5.74) is 0.185. The van der Waals surface area contributed by atoms with E-state index in [1.54, 1.807) is 30.3 Å². The molecular weight excluding hydrogens is 414 g/mol. The van der Waals surface area contributed by atoms with Gasteiger partial charge >= 0.3 is 11.9 Å². The molecule has 5 nitrogen and oxygen atoms in total. The van der Waals surface area contributed by atoms with Crippen molar-refractivity contribution in [2.24, 2.45) is 0 Å². The molecule has 0 amide bonds. The molecule has 0 radical (unpaired) electrons. The van der Waals surface area contributed by atoms with Crippen molar-refractivity contribution in [2.45, 2.75) is 9.67 Å². The fourth-order valence-corrected chi connectivity index (χ4v) is 2.49. The number of rotatable bonds is 4. The van der Waals surface area contributed by atoms with E-state index in [-0.39, 0.29) is 17.1 Å². The van der Waals surface area contributed by atoms with Gasteiger partial charge in [-0.1, -0.05) is 70.7 Å². The van der Waals surface area contributed by atoms with E-state index in [1.165, 1.54) is 6.26 Å². The van der Waals surface area contributed by atoms with Crippen molar-refractivity contribution in [3.8, 4) is 11.5 Å². The van der Waals surface area contributed by atoms with Crippen LogP contribution in [0.2, 0.25) is 0 Å². The molecule has 0 unspecified atom stereocenters. The largest absolute Gasteiger partial charge is 0.460 e. The van der Waals surface area contributed by atoms with Crippen molar-refractivity contribution in [1.29, 1.82) is 0 Å². The van der Waals surface area contributed by atoms with Gasteiger partial charge in [-0.15, -0.1) is 0 Å². The van der Waals surface area contributed by atoms with E-state index in [2.05, 4.69) is 0 Å². The molecule has 3 rings (SSSR count). The molecule has 9 heteroatoms. The first kappa shape index (κ1) is 18.1. The molecule has 3 aromatic rings. The molecular formula is C16H8Cl4O5. The SMILES string of the molecule is O=C(Oc1c2ccccc2c(OC(=O)C(Cl)Cl)c2occc12)C(Cl)Cl. The second kappa shape index (κ2) is 7.30. The predicted molar refractivity (Wildman–Crippen MR) is 96.0 cm³/mol. The number of carbonyl (C=O) groups is 2. The fraction of sp³-hybridized carbons (Fsp3) is 0.125. The third-order valence-corrected chi connectivity index (χ3v) is 4.01. The van der Waals surface area contributed by atoms with Crippen molar-refractivity contribution in [3.63, 3.8) is 0 Å². The van der Waals surface area contributed by atoms with Gasteiger partial charge in [0.2, 0.25) is 9.67 Å². The Balaban J connectivity index is 2.26. The first-order valence-electron chi connectivity index (χ1n) is 6.81. The van der Waals surface area contributed by atoms with Crippen molar-refractivity contribution >= 4 is 80.1 Å². The minimum atomic E-state index is -1.37. The normalized spacial score (nSPS) is 11.4. The number of fused-ring (bicyclic) bond motifs is 2. The van der Waals surface area contributed by atoms with Crippen LogP contribution < -0.4 is 9.47 Å². The van der Waals surface area contributed by atoms with Crippen LogP contribution in [0.5, 0.6) is 11.5 Å². The van der Waals surface area contributed by atoms with E-state index in [0.29, 0.717) is 16.2 Å². The standard InChI is InChI=1S/C16H8Cl4O5/c17-13(18)15(21)24-10-7-3-1-2-4-8(7)12(25-16(22)14(19)20)11-9(10)5-6-23-11/h1-6,13-14H. The van der Waals surface area contributed by atoms with Gasteiger partial charge in [-0.25, -0.2) is 9.59 Å². The third kappa shape index (κ3) is 3.51. The Morgan fingerprint density at radius 2 is 1.32 bits per heavy atom. The Bertz CT molecular complexity index is 888. The van der Waals surface area contributed by atoms with Crippen molar-refractivity contribution in [3.05, 3.63) is 36.6 Å². The van der Waals surface area contributed by atoms with Crippen LogP contribution in [0.3, 0.4) is 0 Å². The summed E-state index contributed by atoms with van der Waals surface area (Å²) in [5, 5.41) is 1.34. The van der Waals surface area contributed by atoms with E-state index in [9.17, 15) is 9.59 Å². The Labute approximate surface area is 161 Å². The first-order chi connectivity index (χ1) is 11.9. The molecule has 0 N–H and O–H groups in total.